The molecule has 0 amide bonds. The molecule has 1 radical (unpaired) electrons. The second-order valence-corrected chi connectivity index (χ2v) is 4.09. The Bertz CT molecular complexity index is 458. The fraction of sp³-hybridized carbons (Fsp3) is 0.167. The first-order valence-electron chi connectivity index (χ1n) is 5.02. The maximum absolute atomic E-state index is 10.2. The predicted molar refractivity (Wildman–Crippen MR) is 65.9 cm³/mol. The van der Waals surface area contributed by atoms with Crippen LogP contribution in [-0.4, -0.2) is 9.97 Å². The van der Waals surface area contributed by atoms with Gasteiger partial charge in [-0.1, -0.05) is 36.4 Å². The molecule has 20 heavy (non-hydrogen) atoms. The van der Waals surface area contributed by atoms with Crippen LogP contribution in [0, 0.1) is 0 Å². The minimum atomic E-state index is -0.305. The van der Waals surface area contributed by atoms with Crippen molar-refractivity contribution >= 4 is 23.2 Å². The molecule has 0 aromatic carbocycles. The van der Waals surface area contributed by atoms with E-state index in [2.05, 4.69) is 9.97 Å². The molecule has 8 heteroatoms. The van der Waals surface area contributed by atoms with E-state index >= 15 is 0 Å². The number of halogens is 3. The fourth-order valence-corrected chi connectivity index (χ4v) is 1.42. The van der Waals surface area contributed by atoms with Crippen LogP contribution in [0.15, 0.2) is 36.7 Å². The van der Waals surface area contributed by atoms with E-state index in [1.54, 1.807) is 24.3 Å². The minimum Gasteiger partial charge on any atom is -1.00 e. The molecule has 0 aliphatic carbocycles. The Hall–Kier alpha value is -0.0269. The molecule has 0 saturated heterocycles. The largest absolute Gasteiger partial charge is 3.00 e. The molecule has 0 aliphatic rings. The maximum atomic E-state index is 10.2. The number of nitrogens with zero attached hydrogens (tertiary/aromatic N) is 2. The van der Waals surface area contributed by atoms with Gasteiger partial charge in [-0.15, -0.1) is 0 Å². The van der Waals surface area contributed by atoms with Crippen LogP contribution in [0.2, 0.25) is 10.0 Å². The summed E-state index contributed by atoms with van der Waals surface area (Å²) in [6.45, 7) is -0.610. The summed E-state index contributed by atoms with van der Waals surface area (Å²) in [4.78, 5) is 7.52. The molecule has 0 atom stereocenters. The summed E-state index contributed by atoms with van der Waals surface area (Å²) in [5.74, 6) is 0. The van der Waals surface area contributed by atoms with Gasteiger partial charge in [0.25, 0.3) is 0 Å². The molecule has 0 aliphatic heterocycles. The molecule has 2 aromatic heterocycles. The molecule has 2 rings (SSSR count). The first-order valence-corrected chi connectivity index (χ1v) is 5.78. The van der Waals surface area contributed by atoms with E-state index in [1.807, 2.05) is 0 Å². The molecule has 0 unspecified atom stereocenters. The zero-order valence-corrected chi connectivity index (χ0v) is 14.9. The standard InChI is InChI=1S/2C6H5ClNO.ClH.Zr/c2*7-5-1-2-8-6(3-5)4-9;;/h2*1-3H,4H2;1H;/q2*-1;;+3/p-1. The molecule has 4 nitrogen and oxygen atoms in total. The summed E-state index contributed by atoms with van der Waals surface area (Å²) in [5, 5.41) is 21.5. The van der Waals surface area contributed by atoms with Gasteiger partial charge < -0.3 is 22.6 Å². The summed E-state index contributed by atoms with van der Waals surface area (Å²) in [6.07, 6.45) is 3.05. The Morgan fingerprint density at radius 3 is 1.40 bits per heavy atom. The molecule has 0 fully saturated rings. The van der Waals surface area contributed by atoms with Gasteiger partial charge in [0, 0.05) is 33.8 Å². The van der Waals surface area contributed by atoms with E-state index < -0.39 is 0 Å². The summed E-state index contributed by atoms with van der Waals surface area (Å²) in [7, 11) is 0. The zero-order valence-electron chi connectivity index (χ0n) is 10.2. The third-order valence-electron chi connectivity index (χ3n) is 1.85. The third kappa shape index (κ3) is 9.01. The van der Waals surface area contributed by atoms with Crippen molar-refractivity contribution in [3.05, 3.63) is 58.1 Å². The molecule has 0 saturated carbocycles. The van der Waals surface area contributed by atoms with Crippen LogP contribution in [0.25, 0.3) is 0 Å². The van der Waals surface area contributed by atoms with E-state index in [1.165, 1.54) is 12.4 Å². The van der Waals surface area contributed by atoms with Crippen molar-refractivity contribution in [3.63, 3.8) is 0 Å². The number of hydrogen-bond donors (Lipinski definition) is 0. The van der Waals surface area contributed by atoms with Crippen LogP contribution in [0.4, 0.5) is 0 Å². The molecular weight excluding hydrogens is 402 g/mol. The first-order chi connectivity index (χ1) is 8.65. The summed E-state index contributed by atoms with van der Waals surface area (Å²) in [6, 6.07) is 6.41. The topological polar surface area (TPSA) is 71.9 Å². The predicted octanol–water partition coefficient (Wildman–Crippen LogP) is -1.81. The van der Waals surface area contributed by atoms with Crippen molar-refractivity contribution in [1.82, 2.24) is 9.97 Å². The van der Waals surface area contributed by atoms with Crippen molar-refractivity contribution in [1.29, 1.82) is 0 Å². The summed E-state index contributed by atoms with van der Waals surface area (Å²) >= 11 is 11.1. The van der Waals surface area contributed by atoms with Crippen LogP contribution in [0.1, 0.15) is 11.4 Å². The zero-order chi connectivity index (χ0) is 13.4. The first kappa shape index (κ1) is 22.3. The van der Waals surface area contributed by atoms with Gasteiger partial charge in [-0.2, -0.15) is 0 Å². The molecular formula is C12H10Cl3N2O2Zr. The van der Waals surface area contributed by atoms with E-state index in [4.69, 9.17) is 23.2 Å². The average molecular weight is 412 g/mol. The summed E-state index contributed by atoms with van der Waals surface area (Å²) < 4.78 is 0. The molecule has 0 spiro atoms. The maximum Gasteiger partial charge on any atom is 3.00 e. The molecule has 0 N–H and O–H groups in total. The molecule has 105 valence electrons. The van der Waals surface area contributed by atoms with Gasteiger partial charge in [0.15, 0.2) is 0 Å². The van der Waals surface area contributed by atoms with Gasteiger partial charge in [0.1, 0.15) is 0 Å². The van der Waals surface area contributed by atoms with Crippen molar-refractivity contribution in [2.45, 2.75) is 13.2 Å². The Balaban J connectivity index is 0. The molecule has 0 bridgehead atoms. The second kappa shape index (κ2) is 12.7. The van der Waals surface area contributed by atoms with Gasteiger partial charge >= 0.3 is 26.2 Å². The smallest absolute Gasteiger partial charge is 1.00 e. The van der Waals surface area contributed by atoms with E-state index in [0.717, 1.165) is 0 Å². The fourth-order valence-electron chi connectivity index (χ4n) is 1.06. The van der Waals surface area contributed by atoms with Crippen LogP contribution >= 0.6 is 23.2 Å². The van der Waals surface area contributed by atoms with Crippen LogP contribution in [-0.2, 0) is 39.4 Å². The van der Waals surface area contributed by atoms with Gasteiger partial charge in [-0.3, -0.25) is 9.97 Å². The van der Waals surface area contributed by atoms with Crippen LogP contribution in [0.5, 0.6) is 0 Å². The SMILES string of the molecule is [Cl-].[O-]Cc1cc(Cl)ccn1.[O-]Cc1cc(Cl)ccn1.[Zr+3]. The Morgan fingerprint density at radius 2 is 1.20 bits per heavy atom. The molecule has 2 aromatic rings. The Labute approximate surface area is 152 Å². The number of aromatic nitrogens is 2. The number of hydrogen-bond acceptors (Lipinski definition) is 4. The second-order valence-electron chi connectivity index (χ2n) is 3.22. The van der Waals surface area contributed by atoms with E-state index in [9.17, 15) is 10.2 Å². The van der Waals surface area contributed by atoms with Crippen molar-refractivity contribution in [2.75, 3.05) is 0 Å². The quantitative estimate of drug-likeness (QED) is 0.584. The van der Waals surface area contributed by atoms with Gasteiger partial charge in [0.2, 0.25) is 0 Å². The van der Waals surface area contributed by atoms with Crippen LogP contribution < -0.4 is 22.6 Å². The normalized spacial score (nSPS) is 8.60. The van der Waals surface area contributed by atoms with Gasteiger partial charge in [0.05, 0.1) is 0 Å². The Morgan fingerprint density at radius 1 is 0.850 bits per heavy atom. The number of pyridine rings is 2. The van der Waals surface area contributed by atoms with Gasteiger partial charge in [-0.05, 0) is 24.3 Å². The third-order valence-corrected chi connectivity index (χ3v) is 2.32. The van der Waals surface area contributed by atoms with Crippen molar-refractivity contribution in [3.8, 4) is 0 Å². The van der Waals surface area contributed by atoms with Gasteiger partial charge in [-0.25, -0.2) is 0 Å². The average Bonchev–Trinajstić information content (AvgIpc) is 2.39. The van der Waals surface area contributed by atoms with Crippen LogP contribution in [0.3, 0.4) is 0 Å². The van der Waals surface area contributed by atoms with Crippen molar-refractivity contribution < 1.29 is 48.8 Å². The number of rotatable bonds is 2. The van der Waals surface area contributed by atoms with E-state index in [-0.39, 0.29) is 51.8 Å². The molecule has 2 heterocycles. The van der Waals surface area contributed by atoms with E-state index in [0.29, 0.717) is 21.4 Å². The Kier molecular flexibility index (Phi) is 14.1. The summed E-state index contributed by atoms with van der Waals surface area (Å²) in [5.41, 5.74) is 0.977. The van der Waals surface area contributed by atoms with Crippen molar-refractivity contribution in [2.24, 2.45) is 0 Å². The minimum absolute atomic E-state index is 0. The monoisotopic (exact) mass is 409 g/mol.